The Morgan fingerprint density at radius 1 is 1.03 bits per heavy atom. The van der Waals surface area contributed by atoms with Crippen LogP contribution in [0.1, 0.15) is 97.5 Å². The predicted octanol–water partition coefficient (Wildman–Crippen LogP) is 6.60. The Labute approximate surface area is 215 Å². The summed E-state index contributed by atoms with van der Waals surface area (Å²) in [6.07, 6.45) is 9.55. The molecule has 2 aromatic rings. The minimum Gasteiger partial charge on any atom is -0.321 e. The SMILES string of the molecule is CCC.[B]c1ccc(C(=O)CC(C)(C)C)c(CC(=C/C)/C=c2/ccn(C(=C)CC(C)(C)C)c2=C)c1. The summed E-state index contributed by atoms with van der Waals surface area (Å²) in [6, 6.07) is 7.68. The first-order valence-corrected chi connectivity index (χ1v) is 12.7. The number of nitrogens with zero attached hydrogens (tertiary/aromatic N) is 1. The molecule has 2 nitrogen and oxygen atoms in total. The maximum Gasteiger partial charge on any atom is 0.163 e. The van der Waals surface area contributed by atoms with Crippen LogP contribution in [-0.2, 0) is 6.42 Å². The van der Waals surface area contributed by atoms with E-state index in [4.69, 9.17) is 7.85 Å². The maximum absolute atomic E-state index is 13.0. The van der Waals surface area contributed by atoms with Gasteiger partial charge in [0.15, 0.2) is 5.78 Å². The second kappa shape index (κ2) is 13.0. The minimum atomic E-state index is -0.0631. The molecule has 1 aromatic heterocycles. The first-order chi connectivity index (χ1) is 16.1. The second-order valence-corrected chi connectivity index (χ2v) is 11.9. The third-order valence-corrected chi connectivity index (χ3v) is 5.33. The maximum atomic E-state index is 13.0. The van der Waals surface area contributed by atoms with Crippen LogP contribution < -0.4 is 16.0 Å². The number of ketones is 1. The quantitative estimate of drug-likeness (QED) is 0.329. The van der Waals surface area contributed by atoms with Gasteiger partial charge in [-0.25, -0.2) is 0 Å². The van der Waals surface area contributed by atoms with Crippen molar-refractivity contribution in [3.63, 3.8) is 0 Å². The first-order valence-electron chi connectivity index (χ1n) is 12.7. The Morgan fingerprint density at radius 2 is 1.60 bits per heavy atom. The van der Waals surface area contributed by atoms with Crippen molar-refractivity contribution in [3.8, 4) is 0 Å². The van der Waals surface area contributed by atoms with Gasteiger partial charge in [0.25, 0.3) is 0 Å². The molecule has 0 fully saturated rings. The third kappa shape index (κ3) is 10.3. The molecule has 0 amide bonds. The summed E-state index contributed by atoms with van der Waals surface area (Å²) in [6.45, 7) is 27.7. The number of benzene rings is 1. The molecule has 0 saturated heterocycles. The van der Waals surface area contributed by atoms with E-state index in [1.54, 1.807) is 0 Å². The number of Topliss-reactive ketones (excluding diaryl/α,β-unsaturated/α-hetero) is 1. The van der Waals surface area contributed by atoms with E-state index in [9.17, 15) is 4.79 Å². The molecule has 3 heteroatoms. The molecule has 2 radical (unpaired) electrons. The van der Waals surface area contributed by atoms with Crippen molar-refractivity contribution < 1.29 is 4.79 Å². The standard InChI is InChI=1S/C29H38BNO.C3H8/c1-10-22(15-23-13-14-31(21(23)3)20(2)18-28(4,5)6)16-24-17-25(30)11-12-26(24)27(32)19-29(7,8)9;1-3-2/h10-15,17H,2-3,16,18-19H2,1,4-9H3;3H2,1-2H3/b22-10+,23-15-;. The summed E-state index contributed by atoms with van der Waals surface area (Å²) in [5.41, 5.74) is 4.64. The van der Waals surface area contributed by atoms with Gasteiger partial charge in [0.1, 0.15) is 7.85 Å². The van der Waals surface area contributed by atoms with Crippen molar-refractivity contribution >= 4 is 37.4 Å². The third-order valence-electron chi connectivity index (χ3n) is 5.33. The van der Waals surface area contributed by atoms with Gasteiger partial charge in [0.2, 0.25) is 0 Å². The van der Waals surface area contributed by atoms with Crippen molar-refractivity contribution in [3.05, 3.63) is 70.4 Å². The summed E-state index contributed by atoms with van der Waals surface area (Å²) < 4.78 is 2.07. The predicted molar refractivity (Wildman–Crippen MR) is 157 cm³/mol. The molecule has 0 bridgehead atoms. The lowest BCUT2D eigenvalue weighted by atomic mass is 9.83. The Kier molecular flexibility index (Phi) is 11.3. The average molecular weight is 472 g/mol. The molecule has 0 aliphatic carbocycles. The van der Waals surface area contributed by atoms with Gasteiger partial charge in [0, 0.05) is 29.2 Å². The zero-order valence-electron chi connectivity index (χ0n) is 23.7. The lowest BCUT2D eigenvalue weighted by molar-refractivity contribution is 0.0939. The smallest absolute Gasteiger partial charge is 0.163 e. The van der Waals surface area contributed by atoms with Crippen LogP contribution in [0, 0.1) is 10.8 Å². The van der Waals surface area contributed by atoms with Crippen LogP contribution in [0.15, 0.2) is 48.7 Å². The number of rotatable bonds is 7. The van der Waals surface area contributed by atoms with E-state index < -0.39 is 0 Å². The fraction of sp³-hybridized carbons (Fsp3) is 0.469. The number of carbonyl (C=O) groups excluding carboxylic acids is 1. The molecule has 0 aliphatic rings. The molecular weight excluding hydrogens is 425 g/mol. The normalized spacial score (nSPS) is 12.8. The molecule has 2 rings (SSSR count). The fourth-order valence-electron chi connectivity index (χ4n) is 3.87. The molecule has 1 aromatic carbocycles. The van der Waals surface area contributed by atoms with E-state index in [0.717, 1.165) is 39.4 Å². The average Bonchev–Trinajstić information content (AvgIpc) is 3.06. The van der Waals surface area contributed by atoms with Gasteiger partial charge in [-0.1, -0.05) is 105 Å². The van der Waals surface area contributed by atoms with Crippen LogP contribution in [0.2, 0.25) is 0 Å². The molecule has 35 heavy (non-hydrogen) atoms. The second-order valence-electron chi connectivity index (χ2n) is 11.9. The molecule has 0 saturated carbocycles. The Morgan fingerprint density at radius 3 is 2.11 bits per heavy atom. The van der Waals surface area contributed by atoms with Crippen molar-refractivity contribution in [2.24, 2.45) is 10.8 Å². The van der Waals surface area contributed by atoms with Gasteiger partial charge in [-0.15, -0.1) is 0 Å². The van der Waals surface area contributed by atoms with Gasteiger partial charge < -0.3 is 4.57 Å². The zero-order valence-corrected chi connectivity index (χ0v) is 23.7. The van der Waals surface area contributed by atoms with Crippen molar-refractivity contribution in [1.82, 2.24) is 4.57 Å². The lowest BCUT2D eigenvalue weighted by Crippen LogP contribution is -2.28. The molecular formula is C32H46BNO. The van der Waals surface area contributed by atoms with Crippen LogP contribution in [0.5, 0.6) is 0 Å². The highest BCUT2D eigenvalue weighted by molar-refractivity contribution is 6.32. The largest absolute Gasteiger partial charge is 0.321 e. The van der Waals surface area contributed by atoms with E-state index in [2.05, 4.69) is 91.3 Å². The van der Waals surface area contributed by atoms with E-state index >= 15 is 0 Å². The van der Waals surface area contributed by atoms with Gasteiger partial charge in [-0.05, 0) is 59.1 Å². The van der Waals surface area contributed by atoms with E-state index in [1.807, 2.05) is 31.3 Å². The van der Waals surface area contributed by atoms with Gasteiger partial charge in [-0.3, -0.25) is 4.79 Å². The van der Waals surface area contributed by atoms with Crippen LogP contribution in [0.25, 0.3) is 18.4 Å². The van der Waals surface area contributed by atoms with Gasteiger partial charge in [-0.2, -0.15) is 0 Å². The molecule has 0 aliphatic heterocycles. The highest BCUT2D eigenvalue weighted by atomic mass is 16.1. The van der Waals surface area contributed by atoms with Gasteiger partial charge >= 0.3 is 0 Å². The van der Waals surface area contributed by atoms with Crippen LogP contribution in [0.3, 0.4) is 0 Å². The number of aromatic nitrogens is 1. The van der Waals surface area contributed by atoms with Crippen LogP contribution in [0.4, 0.5) is 0 Å². The van der Waals surface area contributed by atoms with E-state index in [-0.39, 0.29) is 16.6 Å². The first kappa shape index (κ1) is 30.5. The highest BCUT2D eigenvalue weighted by Crippen LogP contribution is 2.25. The summed E-state index contributed by atoms with van der Waals surface area (Å²) in [4.78, 5) is 13.0. The van der Waals surface area contributed by atoms with Crippen molar-refractivity contribution in [2.45, 2.75) is 88.0 Å². The summed E-state index contributed by atoms with van der Waals surface area (Å²) in [7, 11) is 6.07. The lowest BCUT2D eigenvalue weighted by Gasteiger charge is -2.20. The highest BCUT2D eigenvalue weighted by Gasteiger charge is 2.20. The molecule has 0 spiro atoms. The summed E-state index contributed by atoms with van der Waals surface area (Å²) >= 11 is 0. The summed E-state index contributed by atoms with van der Waals surface area (Å²) in [5.74, 6) is 0.158. The van der Waals surface area contributed by atoms with E-state index in [1.165, 1.54) is 6.42 Å². The number of hydrogen-bond acceptors (Lipinski definition) is 1. The number of hydrogen-bond donors (Lipinski definition) is 0. The number of carbonyl (C=O) groups is 1. The van der Waals surface area contributed by atoms with Crippen molar-refractivity contribution in [1.29, 1.82) is 0 Å². The fourth-order valence-corrected chi connectivity index (χ4v) is 3.87. The van der Waals surface area contributed by atoms with Crippen molar-refractivity contribution in [2.75, 3.05) is 0 Å². The molecule has 188 valence electrons. The molecule has 0 N–H and O–H groups in total. The monoisotopic (exact) mass is 471 g/mol. The number of allylic oxidation sites excluding steroid dienone is 3. The van der Waals surface area contributed by atoms with E-state index in [0.29, 0.717) is 18.3 Å². The molecule has 1 heterocycles. The zero-order chi connectivity index (χ0) is 27.0. The minimum absolute atomic E-state index is 0.0631. The van der Waals surface area contributed by atoms with Gasteiger partial charge in [0.05, 0.1) is 0 Å². The molecule has 0 atom stereocenters. The van der Waals surface area contributed by atoms with Crippen LogP contribution in [-0.4, -0.2) is 18.2 Å². The Hall–Kier alpha value is -2.55. The van der Waals surface area contributed by atoms with Crippen LogP contribution >= 0.6 is 0 Å². The Bertz CT molecular complexity index is 1150. The summed E-state index contributed by atoms with van der Waals surface area (Å²) in [5, 5.41) is 1.98. The Balaban J connectivity index is 0.00000194. The topological polar surface area (TPSA) is 22.0 Å². The molecule has 0 unspecified atom stereocenters.